The highest BCUT2D eigenvalue weighted by molar-refractivity contribution is 6.31. The molecule has 0 amide bonds. The first kappa shape index (κ1) is 16.0. The number of rotatable bonds is 6. The summed E-state index contributed by atoms with van der Waals surface area (Å²) in [5, 5.41) is 16.8. The number of nitrogens with zero attached hydrogens (tertiary/aromatic N) is 1. The highest BCUT2D eigenvalue weighted by Crippen LogP contribution is 2.23. The quantitative estimate of drug-likeness (QED) is 0.717. The van der Waals surface area contributed by atoms with Crippen molar-refractivity contribution in [1.82, 2.24) is 10.3 Å². The fourth-order valence-corrected chi connectivity index (χ4v) is 1.93. The van der Waals surface area contributed by atoms with Crippen molar-refractivity contribution in [2.45, 2.75) is 0 Å². The summed E-state index contributed by atoms with van der Waals surface area (Å²) >= 11 is 5.94. The zero-order valence-corrected chi connectivity index (χ0v) is 12.0. The Morgan fingerprint density at radius 3 is 2.79 bits per heavy atom. The van der Waals surface area contributed by atoms with Crippen LogP contribution in [0.5, 0.6) is 0 Å². The van der Waals surface area contributed by atoms with E-state index in [1.807, 2.05) is 24.3 Å². The van der Waals surface area contributed by atoms with E-state index in [1.54, 1.807) is 6.20 Å². The first-order valence-electron chi connectivity index (χ1n) is 5.91. The first-order valence-corrected chi connectivity index (χ1v) is 6.29. The van der Waals surface area contributed by atoms with E-state index < -0.39 is 0 Å². The van der Waals surface area contributed by atoms with E-state index in [0.717, 1.165) is 29.7 Å². The van der Waals surface area contributed by atoms with Gasteiger partial charge in [-0.15, -0.1) is 12.4 Å². The molecule has 2 rings (SSSR count). The third kappa shape index (κ3) is 4.51. The van der Waals surface area contributed by atoms with Crippen molar-refractivity contribution in [3.8, 4) is 0 Å². The number of aliphatic hydroxyl groups is 1. The van der Waals surface area contributed by atoms with E-state index in [1.165, 1.54) is 0 Å². The van der Waals surface area contributed by atoms with Gasteiger partial charge in [0.15, 0.2) is 0 Å². The van der Waals surface area contributed by atoms with Gasteiger partial charge in [-0.05, 0) is 24.3 Å². The standard InChI is InChI=1S/C13H16ClN3O.ClH/c14-10-1-2-11-12(3-4-16-13(11)9-10)17-6-5-15-7-8-18;/h1-4,9,15,18H,5-8H2,(H,16,17);1H. The van der Waals surface area contributed by atoms with Crippen LogP contribution in [-0.2, 0) is 0 Å². The van der Waals surface area contributed by atoms with Crippen LogP contribution in [0.4, 0.5) is 5.69 Å². The first-order chi connectivity index (χ1) is 8.81. The summed E-state index contributed by atoms with van der Waals surface area (Å²) in [7, 11) is 0. The summed E-state index contributed by atoms with van der Waals surface area (Å²) < 4.78 is 0. The maximum Gasteiger partial charge on any atom is 0.0737 e. The molecule has 0 radical (unpaired) electrons. The number of nitrogens with one attached hydrogen (secondary N) is 2. The van der Waals surface area contributed by atoms with E-state index in [2.05, 4.69) is 15.6 Å². The molecule has 0 unspecified atom stereocenters. The number of hydrogen-bond donors (Lipinski definition) is 3. The Kier molecular flexibility index (Phi) is 6.87. The Balaban J connectivity index is 0.00000180. The molecule has 0 aliphatic carbocycles. The van der Waals surface area contributed by atoms with Crippen LogP contribution in [0.3, 0.4) is 0 Å². The number of pyridine rings is 1. The number of aromatic nitrogens is 1. The molecule has 1 aromatic heterocycles. The van der Waals surface area contributed by atoms with Crippen LogP contribution in [0.2, 0.25) is 5.02 Å². The molecule has 4 nitrogen and oxygen atoms in total. The molecule has 0 aliphatic heterocycles. The number of aliphatic hydroxyl groups excluding tert-OH is 1. The Labute approximate surface area is 123 Å². The molecule has 0 fully saturated rings. The second-order valence-corrected chi connectivity index (χ2v) is 4.36. The van der Waals surface area contributed by atoms with E-state index in [9.17, 15) is 0 Å². The average Bonchev–Trinajstić information content (AvgIpc) is 2.38. The highest BCUT2D eigenvalue weighted by Gasteiger charge is 2.01. The Morgan fingerprint density at radius 1 is 1.16 bits per heavy atom. The van der Waals surface area contributed by atoms with Crippen molar-refractivity contribution < 1.29 is 5.11 Å². The van der Waals surface area contributed by atoms with Crippen LogP contribution in [0.25, 0.3) is 10.9 Å². The van der Waals surface area contributed by atoms with E-state index in [0.29, 0.717) is 11.6 Å². The predicted octanol–water partition coefficient (Wildman–Crippen LogP) is 2.30. The molecule has 6 heteroatoms. The van der Waals surface area contributed by atoms with Gasteiger partial charge in [0.05, 0.1) is 12.1 Å². The lowest BCUT2D eigenvalue weighted by atomic mass is 10.2. The second-order valence-electron chi connectivity index (χ2n) is 3.92. The van der Waals surface area contributed by atoms with Crippen LogP contribution < -0.4 is 10.6 Å². The van der Waals surface area contributed by atoms with Crippen LogP contribution in [0.1, 0.15) is 0 Å². The number of halogens is 2. The molecule has 0 bridgehead atoms. The molecule has 0 atom stereocenters. The third-order valence-corrected chi connectivity index (χ3v) is 2.85. The van der Waals surface area contributed by atoms with Crippen LogP contribution in [0, 0.1) is 0 Å². The molecule has 1 heterocycles. The molecule has 0 saturated carbocycles. The van der Waals surface area contributed by atoms with Gasteiger partial charge in [-0.2, -0.15) is 0 Å². The Bertz CT molecular complexity index is 522. The zero-order chi connectivity index (χ0) is 12.8. The minimum atomic E-state index is 0. The molecule has 104 valence electrons. The highest BCUT2D eigenvalue weighted by atomic mass is 35.5. The van der Waals surface area contributed by atoms with Gasteiger partial charge in [0, 0.05) is 41.9 Å². The van der Waals surface area contributed by atoms with Gasteiger partial charge < -0.3 is 15.7 Å². The van der Waals surface area contributed by atoms with Crippen molar-refractivity contribution in [2.75, 3.05) is 31.6 Å². The van der Waals surface area contributed by atoms with E-state index in [4.69, 9.17) is 16.7 Å². The van der Waals surface area contributed by atoms with Crippen molar-refractivity contribution >= 4 is 40.6 Å². The normalized spacial score (nSPS) is 10.2. The maximum atomic E-state index is 8.65. The Hall–Kier alpha value is -1.07. The summed E-state index contributed by atoms with van der Waals surface area (Å²) in [6.45, 7) is 2.38. The molecule has 1 aromatic carbocycles. The average molecular weight is 302 g/mol. The van der Waals surface area contributed by atoms with Gasteiger partial charge in [0.25, 0.3) is 0 Å². The smallest absolute Gasteiger partial charge is 0.0737 e. The molecule has 2 aromatic rings. The van der Waals surface area contributed by atoms with Gasteiger partial charge in [0.2, 0.25) is 0 Å². The van der Waals surface area contributed by atoms with Crippen LogP contribution in [-0.4, -0.2) is 36.3 Å². The predicted molar refractivity (Wildman–Crippen MR) is 82.4 cm³/mol. The SMILES string of the molecule is Cl.OCCNCCNc1ccnc2cc(Cl)ccc12. The number of fused-ring (bicyclic) bond motifs is 1. The monoisotopic (exact) mass is 301 g/mol. The summed E-state index contributed by atoms with van der Waals surface area (Å²) in [4.78, 5) is 4.29. The van der Waals surface area contributed by atoms with Gasteiger partial charge in [-0.3, -0.25) is 4.98 Å². The van der Waals surface area contributed by atoms with Crippen molar-refractivity contribution in [3.63, 3.8) is 0 Å². The molecule has 0 aliphatic rings. The van der Waals surface area contributed by atoms with Gasteiger partial charge in [-0.25, -0.2) is 0 Å². The van der Waals surface area contributed by atoms with E-state index >= 15 is 0 Å². The summed E-state index contributed by atoms with van der Waals surface area (Å²) in [5.74, 6) is 0. The number of hydrogen-bond acceptors (Lipinski definition) is 4. The topological polar surface area (TPSA) is 57.2 Å². The molecular weight excluding hydrogens is 285 g/mol. The molecule has 3 N–H and O–H groups in total. The lowest BCUT2D eigenvalue weighted by molar-refractivity contribution is 0.293. The molecule has 19 heavy (non-hydrogen) atoms. The lowest BCUT2D eigenvalue weighted by Gasteiger charge is -2.09. The van der Waals surface area contributed by atoms with Crippen LogP contribution >= 0.6 is 24.0 Å². The summed E-state index contributed by atoms with van der Waals surface area (Å²) in [5.41, 5.74) is 1.93. The van der Waals surface area contributed by atoms with Gasteiger partial charge >= 0.3 is 0 Å². The second kappa shape index (κ2) is 8.17. The third-order valence-electron chi connectivity index (χ3n) is 2.61. The van der Waals surface area contributed by atoms with E-state index in [-0.39, 0.29) is 19.0 Å². The molecule has 0 spiro atoms. The van der Waals surface area contributed by atoms with Crippen molar-refractivity contribution in [1.29, 1.82) is 0 Å². The Morgan fingerprint density at radius 2 is 2.00 bits per heavy atom. The van der Waals surface area contributed by atoms with Crippen molar-refractivity contribution in [2.24, 2.45) is 0 Å². The molecular formula is C13H17Cl2N3O. The fourth-order valence-electron chi connectivity index (χ4n) is 1.77. The van der Waals surface area contributed by atoms with Gasteiger partial charge in [-0.1, -0.05) is 11.6 Å². The van der Waals surface area contributed by atoms with Crippen molar-refractivity contribution in [3.05, 3.63) is 35.5 Å². The fraction of sp³-hybridized carbons (Fsp3) is 0.308. The maximum absolute atomic E-state index is 8.65. The number of benzene rings is 1. The molecule has 0 saturated heterocycles. The minimum absolute atomic E-state index is 0. The zero-order valence-electron chi connectivity index (χ0n) is 10.4. The summed E-state index contributed by atoms with van der Waals surface area (Å²) in [6.07, 6.45) is 1.77. The largest absolute Gasteiger partial charge is 0.395 e. The minimum Gasteiger partial charge on any atom is -0.395 e. The lowest BCUT2D eigenvalue weighted by Crippen LogP contribution is -2.24. The van der Waals surface area contributed by atoms with Crippen LogP contribution in [0.15, 0.2) is 30.5 Å². The van der Waals surface area contributed by atoms with Gasteiger partial charge in [0.1, 0.15) is 0 Å². The summed E-state index contributed by atoms with van der Waals surface area (Å²) in [6, 6.07) is 7.63. The number of anilines is 1.